The van der Waals surface area contributed by atoms with E-state index in [4.69, 9.17) is 5.11 Å². The van der Waals surface area contributed by atoms with Crippen LogP contribution < -0.4 is 0 Å². The molecule has 2 fully saturated rings. The highest BCUT2D eigenvalue weighted by Crippen LogP contribution is 2.42. The molecule has 1 aliphatic carbocycles. The number of hydrogen-bond donors (Lipinski definition) is 1. The van der Waals surface area contributed by atoms with E-state index >= 15 is 0 Å². The number of carbonyl (C=O) groups excluding carboxylic acids is 1. The maximum absolute atomic E-state index is 12.0. The van der Waals surface area contributed by atoms with Gasteiger partial charge in [0.2, 0.25) is 5.91 Å². The minimum atomic E-state index is -0.764. The molecule has 1 unspecified atom stereocenters. The van der Waals surface area contributed by atoms with Crippen molar-refractivity contribution in [2.45, 2.75) is 44.6 Å². The predicted molar refractivity (Wildman–Crippen MR) is 58.9 cm³/mol. The molecule has 0 spiro atoms. The number of hydrogen-bond acceptors (Lipinski definition) is 2. The van der Waals surface area contributed by atoms with E-state index in [0.717, 1.165) is 19.3 Å². The number of amides is 1. The zero-order valence-electron chi connectivity index (χ0n) is 9.69. The molecule has 16 heavy (non-hydrogen) atoms. The van der Waals surface area contributed by atoms with Crippen LogP contribution in [0.25, 0.3) is 0 Å². The molecule has 4 heteroatoms. The summed E-state index contributed by atoms with van der Waals surface area (Å²) in [5, 5.41) is 8.72. The van der Waals surface area contributed by atoms with Crippen LogP contribution in [0.2, 0.25) is 0 Å². The molecular formula is C12H19NO3. The van der Waals surface area contributed by atoms with Crippen molar-refractivity contribution in [2.24, 2.45) is 11.8 Å². The maximum Gasteiger partial charge on any atom is 0.303 e. The molecule has 1 N–H and O–H groups in total. The standard InChI is InChI=1S/C12H19NO3/c1-13-10(6-7-11(14)15)8-4-2-3-5-9(8)12(13)16/h8-10H,2-7H2,1H3,(H,14,15)/t8-,9+,10?/m1/s1. The third-order valence-corrected chi connectivity index (χ3v) is 4.13. The first kappa shape index (κ1) is 11.4. The molecule has 0 radical (unpaired) electrons. The van der Waals surface area contributed by atoms with Gasteiger partial charge in [-0.1, -0.05) is 12.8 Å². The van der Waals surface area contributed by atoms with Gasteiger partial charge in [-0.2, -0.15) is 0 Å². The molecule has 1 saturated heterocycles. The third kappa shape index (κ3) is 1.93. The van der Waals surface area contributed by atoms with Gasteiger partial charge in [0, 0.05) is 25.4 Å². The van der Waals surface area contributed by atoms with Gasteiger partial charge < -0.3 is 10.0 Å². The second kappa shape index (κ2) is 4.44. The van der Waals surface area contributed by atoms with Crippen LogP contribution in [0, 0.1) is 11.8 Å². The molecule has 0 aromatic heterocycles. The molecular weight excluding hydrogens is 206 g/mol. The van der Waals surface area contributed by atoms with Crippen molar-refractivity contribution in [1.82, 2.24) is 4.90 Å². The fourth-order valence-electron chi connectivity index (χ4n) is 3.32. The average Bonchev–Trinajstić information content (AvgIpc) is 2.50. The summed E-state index contributed by atoms with van der Waals surface area (Å²) in [7, 11) is 1.83. The molecule has 1 saturated carbocycles. The van der Waals surface area contributed by atoms with Crippen LogP contribution in [0.1, 0.15) is 38.5 Å². The van der Waals surface area contributed by atoms with E-state index < -0.39 is 5.97 Å². The summed E-state index contributed by atoms with van der Waals surface area (Å²) >= 11 is 0. The Bertz CT molecular complexity index is 303. The number of nitrogens with zero attached hydrogens (tertiary/aromatic N) is 1. The van der Waals surface area contributed by atoms with Crippen LogP contribution in [-0.2, 0) is 9.59 Å². The fourth-order valence-corrected chi connectivity index (χ4v) is 3.32. The molecule has 90 valence electrons. The Labute approximate surface area is 95.6 Å². The van der Waals surface area contributed by atoms with Crippen LogP contribution in [0.15, 0.2) is 0 Å². The highest BCUT2D eigenvalue weighted by atomic mass is 16.4. The molecule has 1 heterocycles. The molecule has 1 aliphatic heterocycles. The lowest BCUT2D eigenvalue weighted by Gasteiger charge is -2.28. The summed E-state index contributed by atoms with van der Waals surface area (Å²) in [5.74, 6) is 0.0587. The van der Waals surface area contributed by atoms with Gasteiger partial charge in [-0.3, -0.25) is 9.59 Å². The summed E-state index contributed by atoms with van der Waals surface area (Å²) in [6.07, 6.45) is 5.20. The Morgan fingerprint density at radius 3 is 2.81 bits per heavy atom. The monoisotopic (exact) mass is 225 g/mol. The van der Waals surface area contributed by atoms with Gasteiger partial charge in [0.05, 0.1) is 0 Å². The normalized spacial score (nSPS) is 33.9. The van der Waals surface area contributed by atoms with E-state index in [1.54, 1.807) is 4.90 Å². The van der Waals surface area contributed by atoms with Crippen molar-refractivity contribution in [1.29, 1.82) is 0 Å². The number of likely N-dealkylation sites (tertiary alicyclic amines) is 1. The minimum absolute atomic E-state index is 0.161. The smallest absolute Gasteiger partial charge is 0.303 e. The van der Waals surface area contributed by atoms with E-state index in [1.807, 2.05) is 7.05 Å². The topological polar surface area (TPSA) is 57.6 Å². The van der Waals surface area contributed by atoms with E-state index in [0.29, 0.717) is 12.3 Å². The molecule has 0 bridgehead atoms. The fraction of sp³-hybridized carbons (Fsp3) is 0.833. The van der Waals surface area contributed by atoms with Gasteiger partial charge in [-0.15, -0.1) is 0 Å². The van der Waals surface area contributed by atoms with Crippen LogP contribution in [0.3, 0.4) is 0 Å². The van der Waals surface area contributed by atoms with Gasteiger partial charge in [-0.25, -0.2) is 0 Å². The number of fused-ring (bicyclic) bond motifs is 1. The maximum atomic E-state index is 12.0. The van der Waals surface area contributed by atoms with Gasteiger partial charge in [0.15, 0.2) is 0 Å². The quantitative estimate of drug-likeness (QED) is 0.791. The van der Waals surface area contributed by atoms with Crippen molar-refractivity contribution >= 4 is 11.9 Å². The summed E-state index contributed by atoms with van der Waals surface area (Å²) < 4.78 is 0. The van der Waals surface area contributed by atoms with E-state index in [2.05, 4.69) is 0 Å². The number of aliphatic carboxylic acids is 1. The zero-order chi connectivity index (χ0) is 11.7. The van der Waals surface area contributed by atoms with Gasteiger partial charge in [-0.05, 0) is 25.2 Å². The van der Waals surface area contributed by atoms with E-state index in [9.17, 15) is 9.59 Å². The van der Waals surface area contributed by atoms with Crippen LogP contribution in [0.5, 0.6) is 0 Å². The third-order valence-electron chi connectivity index (χ3n) is 4.13. The van der Waals surface area contributed by atoms with Crippen molar-refractivity contribution < 1.29 is 14.7 Å². The molecule has 1 amide bonds. The van der Waals surface area contributed by atoms with Gasteiger partial charge in [0.25, 0.3) is 0 Å². The van der Waals surface area contributed by atoms with Crippen molar-refractivity contribution in [3.05, 3.63) is 0 Å². The number of carboxylic acids is 1. The molecule has 3 atom stereocenters. The molecule has 0 aromatic carbocycles. The van der Waals surface area contributed by atoms with Gasteiger partial charge >= 0.3 is 5.97 Å². The minimum Gasteiger partial charge on any atom is -0.481 e. The summed E-state index contributed by atoms with van der Waals surface area (Å²) in [5.41, 5.74) is 0. The number of rotatable bonds is 3. The average molecular weight is 225 g/mol. The largest absolute Gasteiger partial charge is 0.481 e. The lowest BCUT2D eigenvalue weighted by Crippen LogP contribution is -2.32. The predicted octanol–water partition coefficient (Wildman–Crippen LogP) is 1.50. The van der Waals surface area contributed by atoms with E-state index in [1.165, 1.54) is 6.42 Å². The molecule has 2 rings (SSSR count). The second-order valence-corrected chi connectivity index (χ2v) is 5.00. The second-order valence-electron chi connectivity index (χ2n) is 5.00. The van der Waals surface area contributed by atoms with Crippen molar-refractivity contribution in [3.63, 3.8) is 0 Å². The number of carbonyl (C=O) groups is 2. The summed E-state index contributed by atoms with van der Waals surface area (Å²) in [6, 6.07) is 0.161. The van der Waals surface area contributed by atoms with Crippen LogP contribution in [-0.4, -0.2) is 35.0 Å². The first-order chi connectivity index (χ1) is 7.61. The van der Waals surface area contributed by atoms with Gasteiger partial charge in [0.1, 0.15) is 0 Å². The van der Waals surface area contributed by atoms with Crippen LogP contribution in [0.4, 0.5) is 0 Å². The Hall–Kier alpha value is -1.06. The highest BCUT2D eigenvalue weighted by Gasteiger charge is 2.46. The summed E-state index contributed by atoms with van der Waals surface area (Å²) in [4.78, 5) is 24.4. The Morgan fingerprint density at radius 1 is 1.44 bits per heavy atom. The SMILES string of the molecule is CN1C(=O)[C@H]2CCCC[C@H]2C1CCC(=O)O. The van der Waals surface area contributed by atoms with Crippen molar-refractivity contribution in [2.75, 3.05) is 7.05 Å². The Morgan fingerprint density at radius 2 is 2.12 bits per heavy atom. The molecule has 2 aliphatic rings. The lowest BCUT2D eigenvalue weighted by atomic mass is 9.77. The molecule has 0 aromatic rings. The first-order valence-electron chi connectivity index (χ1n) is 6.09. The molecule has 4 nitrogen and oxygen atoms in total. The van der Waals surface area contributed by atoms with E-state index in [-0.39, 0.29) is 24.3 Å². The summed E-state index contributed by atoms with van der Waals surface area (Å²) in [6.45, 7) is 0. The van der Waals surface area contributed by atoms with Crippen LogP contribution >= 0.6 is 0 Å². The first-order valence-corrected chi connectivity index (χ1v) is 6.09. The highest BCUT2D eigenvalue weighted by molar-refractivity contribution is 5.82. The zero-order valence-corrected chi connectivity index (χ0v) is 9.69. The van der Waals surface area contributed by atoms with Crippen molar-refractivity contribution in [3.8, 4) is 0 Å². The lowest BCUT2D eigenvalue weighted by molar-refractivity contribution is -0.138. The number of carboxylic acid groups (broad SMARTS) is 1. The Kier molecular flexibility index (Phi) is 3.17. The Balaban J connectivity index is 2.05.